The number of carbonyl (C=O) groups excluding carboxylic acids is 3. The van der Waals surface area contributed by atoms with Crippen molar-refractivity contribution in [3.8, 4) is 0 Å². The Morgan fingerprint density at radius 3 is 0.795 bits per heavy atom. The molecule has 0 saturated carbocycles. The molecular formula is C72H124O6. The third-order valence-electron chi connectivity index (χ3n) is 14.3. The Morgan fingerprint density at radius 2 is 0.500 bits per heavy atom. The predicted octanol–water partition coefficient (Wildman–Crippen LogP) is 22.8. The summed E-state index contributed by atoms with van der Waals surface area (Å²) in [7, 11) is 0. The van der Waals surface area contributed by atoms with E-state index in [1.807, 2.05) is 0 Å². The summed E-state index contributed by atoms with van der Waals surface area (Å²) in [6.45, 7) is 6.42. The van der Waals surface area contributed by atoms with Crippen molar-refractivity contribution in [3.05, 3.63) is 97.2 Å². The van der Waals surface area contributed by atoms with Gasteiger partial charge in [0.15, 0.2) is 6.10 Å². The van der Waals surface area contributed by atoms with Crippen LogP contribution in [0, 0.1) is 0 Å². The van der Waals surface area contributed by atoms with Gasteiger partial charge in [-0.3, -0.25) is 14.4 Å². The fourth-order valence-electron chi connectivity index (χ4n) is 9.43. The maximum absolute atomic E-state index is 12.9. The van der Waals surface area contributed by atoms with E-state index in [-0.39, 0.29) is 31.1 Å². The van der Waals surface area contributed by atoms with Gasteiger partial charge in [0.25, 0.3) is 0 Å². The lowest BCUT2D eigenvalue weighted by atomic mass is 10.0. The van der Waals surface area contributed by atoms with E-state index >= 15 is 0 Å². The van der Waals surface area contributed by atoms with Gasteiger partial charge >= 0.3 is 17.9 Å². The largest absolute Gasteiger partial charge is 0.462 e. The van der Waals surface area contributed by atoms with Crippen molar-refractivity contribution in [2.75, 3.05) is 13.2 Å². The van der Waals surface area contributed by atoms with Gasteiger partial charge in [-0.05, 0) is 96.3 Å². The lowest BCUT2D eigenvalue weighted by Crippen LogP contribution is -2.30. The van der Waals surface area contributed by atoms with E-state index in [1.165, 1.54) is 161 Å². The Bertz CT molecular complexity index is 1530. The molecular weight excluding hydrogens is 961 g/mol. The molecule has 0 saturated heterocycles. The molecule has 0 amide bonds. The van der Waals surface area contributed by atoms with Crippen LogP contribution in [0.2, 0.25) is 0 Å². The Balaban J connectivity index is 4.32. The highest BCUT2D eigenvalue weighted by Gasteiger charge is 2.19. The van der Waals surface area contributed by atoms with E-state index in [1.54, 1.807) is 0 Å². The maximum Gasteiger partial charge on any atom is 0.306 e. The Hall–Kier alpha value is -3.67. The number of esters is 3. The minimum absolute atomic E-state index is 0.0880. The van der Waals surface area contributed by atoms with Crippen molar-refractivity contribution < 1.29 is 28.6 Å². The molecule has 0 aliphatic carbocycles. The Morgan fingerprint density at radius 1 is 0.269 bits per heavy atom. The molecule has 0 bridgehead atoms. The molecule has 0 N–H and O–H groups in total. The van der Waals surface area contributed by atoms with E-state index < -0.39 is 6.10 Å². The summed E-state index contributed by atoms with van der Waals surface area (Å²) < 4.78 is 16.9. The van der Waals surface area contributed by atoms with Crippen molar-refractivity contribution in [1.29, 1.82) is 0 Å². The van der Waals surface area contributed by atoms with Gasteiger partial charge in [-0.2, -0.15) is 0 Å². The van der Waals surface area contributed by atoms with Gasteiger partial charge in [0.1, 0.15) is 13.2 Å². The minimum Gasteiger partial charge on any atom is -0.462 e. The number of ether oxygens (including phenoxy) is 3. The van der Waals surface area contributed by atoms with Crippen LogP contribution in [0.3, 0.4) is 0 Å². The minimum atomic E-state index is -0.793. The maximum atomic E-state index is 12.9. The second-order valence-corrected chi connectivity index (χ2v) is 22.0. The molecule has 0 fully saturated rings. The van der Waals surface area contributed by atoms with E-state index in [0.29, 0.717) is 19.3 Å². The van der Waals surface area contributed by atoms with Crippen molar-refractivity contribution in [2.24, 2.45) is 0 Å². The van der Waals surface area contributed by atoms with Crippen LogP contribution in [0.4, 0.5) is 0 Å². The number of carbonyl (C=O) groups is 3. The third kappa shape index (κ3) is 63.2. The molecule has 0 rings (SSSR count). The topological polar surface area (TPSA) is 78.9 Å². The van der Waals surface area contributed by atoms with Gasteiger partial charge in [0.2, 0.25) is 0 Å². The molecule has 1 atom stereocenters. The summed E-state index contributed by atoms with van der Waals surface area (Å²) in [5, 5.41) is 0. The van der Waals surface area contributed by atoms with Crippen LogP contribution in [0.15, 0.2) is 97.2 Å². The van der Waals surface area contributed by atoms with Crippen LogP contribution >= 0.6 is 0 Å². The first-order valence-corrected chi connectivity index (χ1v) is 33.2. The molecule has 6 nitrogen and oxygen atoms in total. The number of rotatable bonds is 60. The second-order valence-electron chi connectivity index (χ2n) is 22.0. The van der Waals surface area contributed by atoms with Crippen LogP contribution in [-0.2, 0) is 28.6 Å². The Kier molecular flexibility index (Phi) is 62.7. The molecule has 0 spiro atoms. The lowest BCUT2D eigenvalue weighted by molar-refractivity contribution is -0.167. The fourth-order valence-corrected chi connectivity index (χ4v) is 9.43. The van der Waals surface area contributed by atoms with Crippen LogP contribution < -0.4 is 0 Å². The summed E-state index contributed by atoms with van der Waals surface area (Å²) in [6, 6.07) is 0. The zero-order valence-electron chi connectivity index (χ0n) is 51.4. The quantitative estimate of drug-likeness (QED) is 0.0261. The number of allylic oxidation sites excluding steroid dienone is 16. The smallest absolute Gasteiger partial charge is 0.306 e. The first kappa shape index (κ1) is 74.3. The second kappa shape index (κ2) is 65.8. The summed E-state index contributed by atoms with van der Waals surface area (Å²) >= 11 is 0. The van der Waals surface area contributed by atoms with Crippen LogP contribution in [-0.4, -0.2) is 37.2 Å². The fraction of sp³-hybridized carbons (Fsp3) is 0.736. The number of hydrogen-bond acceptors (Lipinski definition) is 6. The van der Waals surface area contributed by atoms with Gasteiger partial charge < -0.3 is 14.2 Å². The molecule has 1 unspecified atom stereocenters. The highest BCUT2D eigenvalue weighted by atomic mass is 16.6. The Labute approximate surface area is 483 Å². The van der Waals surface area contributed by atoms with Crippen molar-refractivity contribution in [2.45, 2.75) is 329 Å². The van der Waals surface area contributed by atoms with Gasteiger partial charge in [-0.15, -0.1) is 0 Å². The van der Waals surface area contributed by atoms with E-state index in [9.17, 15) is 14.4 Å². The normalized spacial score (nSPS) is 12.7. The molecule has 0 heterocycles. The molecule has 6 heteroatoms. The van der Waals surface area contributed by atoms with Gasteiger partial charge in [-0.1, -0.05) is 304 Å². The summed E-state index contributed by atoms with van der Waals surface area (Å²) in [5.41, 5.74) is 0. The average molecular weight is 1090 g/mol. The monoisotopic (exact) mass is 1080 g/mol. The zero-order chi connectivity index (χ0) is 56.4. The SMILES string of the molecule is CC/C=C\C/C=C\C/C=C\C/C=C\C/C=C\CCCCCCCCCCCC(=O)OCC(COC(=O)CCCCC/C=C\C/C=C\C/C=C\CC)OC(=O)CCCCCCCCCCCCCCCCCCCCCCCC. The van der Waals surface area contributed by atoms with E-state index in [4.69, 9.17) is 14.2 Å². The molecule has 0 radical (unpaired) electrons. The summed E-state index contributed by atoms with van der Waals surface area (Å²) in [6.07, 6.45) is 88.6. The van der Waals surface area contributed by atoms with Crippen molar-refractivity contribution in [1.82, 2.24) is 0 Å². The number of unbranched alkanes of at least 4 members (excludes halogenated alkanes) is 33. The third-order valence-corrected chi connectivity index (χ3v) is 14.3. The average Bonchev–Trinajstić information content (AvgIpc) is 3.44. The standard InChI is InChI=1S/C72H124O6/c1-4-7-10-13-16-19-22-25-27-29-31-33-35-36-37-39-40-42-44-47-50-53-56-59-62-65-71(74)77-68-69(67-76-70(73)64-61-58-55-52-49-46-24-21-18-15-12-9-6-3)78-72(75)66-63-60-57-54-51-48-45-43-41-38-34-32-30-28-26-23-20-17-14-11-8-5-2/h7,9-10,12,16,18-19,21,25,27,31,33,36-37,46,49,69H,4-6,8,11,13-15,17,20,22-24,26,28-30,32,34-35,38-45,47-48,50-68H2,1-3H3/b10-7-,12-9-,19-16-,21-18-,27-25-,33-31-,37-36-,49-46-. The van der Waals surface area contributed by atoms with Gasteiger partial charge in [-0.25, -0.2) is 0 Å². The van der Waals surface area contributed by atoms with Crippen LogP contribution in [0.1, 0.15) is 323 Å². The first-order chi connectivity index (χ1) is 38.5. The number of hydrogen-bond donors (Lipinski definition) is 0. The lowest BCUT2D eigenvalue weighted by Gasteiger charge is -2.18. The first-order valence-electron chi connectivity index (χ1n) is 33.2. The van der Waals surface area contributed by atoms with Crippen LogP contribution in [0.25, 0.3) is 0 Å². The predicted molar refractivity (Wildman–Crippen MR) is 339 cm³/mol. The van der Waals surface area contributed by atoms with Gasteiger partial charge in [0.05, 0.1) is 0 Å². The zero-order valence-corrected chi connectivity index (χ0v) is 51.4. The molecule has 0 aliphatic rings. The van der Waals surface area contributed by atoms with E-state index in [2.05, 4.69) is 118 Å². The molecule has 78 heavy (non-hydrogen) atoms. The van der Waals surface area contributed by atoms with Crippen molar-refractivity contribution in [3.63, 3.8) is 0 Å². The van der Waals surface area contributed by atoms with Crippen LogP contribution in [0.5, 0.6) is 0 Å². The highest BCUT2D eigenvalue weighted by molar-refractivity contribution is 5.71. The molecule has 0 aromatic heterocycles. The molecule has 0 aromatic rings. The molecule has 448 valence electrons. The molecule has 0 aliphatic heterocycles. The van der Waals surface area contributed by atoms with Gasteiger partial charge in [0, 0.05) is 19.3 Å². The highest BCUT2D eigenvalue weighted by Crippen LogP contribution is 2.17. The molecule has 0 aromatic carbocycles. The van der Waals surface area contributed by atoms with Crippen molar-refractivity contribution >= 4 is 17.9 Å². The summed E-state index contributed by atoms with van der Waals surface area (Å²) in [4.78, 5) is 38.3. The summed E-state index contributed by atoms with van der Waals surface area (Å²) in [5.74, 6) is -0.910. The van der Waals surface area contributed by atoms with E-state index in [0.717, 1.165) is 122 Å².